The average Bonchev–Trinajstić information content (AvgIpc) is 2.16. The summed E-state index contributed by atoms with van der Waals surface area (Å²) in [5.74, 6) is 0. The first-order valence-corrected chi connectivity index (χ1v) is 2.86. The number of halogens is 2. The van der Waals surface area contributed by atoms with Crippen LogP contribution >= 0.6 is 0 Å². The summed E-state index contributed by atoms with van der Waals surface area (Å²) in [4.78, 5) is 0. The van der Waals surface area contributed by atoms with Crippen molar-refractivity contribution in [3.05, 3.63) is 0 Å². The molecule has 0 bridgehead atoms. The van der Waals surface area contributed by atoms with Crippen LogP contribution in [0.25, 0.3) is 0 Å². The molecule has 1 rings (SSSR count). The summed E-state index contributed by atoms with van der Waals surface area (Å²) < 4.78 is 28.4. The van der Waals surface area contributed by atoms with Crippen LogP contribution in [0.1, 0.15) is 12.8 Å². The monoisotopic (exact) mass is 137 g/mol. The molecule has 0 aromatic rings. The van der Waals surface area contributed by atoms with Crippen LogP contribution in [0.4, 0.5) is 8.78 Å². The molecule has 9 heavy (non-hydrogen) atoms. The van der Waals surface area contributed by atoms with E-state index in [9.17, 15) is 8.78 Å². The smallest absolute Gasteiger partial charge is 0.280 e. The molecule has 1 saturated heterocycles. The molecule has 0 amide bonds. The fraction of sp³-hybridized carbons (Fsp3) is 1.00. The van der Waals surface area contributed by atoms with E-state index in [1.54, 1.807) is 0 Å². The van der Waals surface area contributed by atoms with Crippen LogP contribution in [0.2, 0.25) is 0 Å². The maximum atomic E-state index is 11.9. The highest BCUT2D eigenvalue weighted by molar-refractivity contribution is 4.80. The molecule has 1 unspecified atom stereocenters. The minimum Gasteiger partial charge on any atom is -0.355 e. The lowest BCUT2D eigenvalue weighted by molar-refractivity contribution is -0.105. The SMILES string of the molecule is NC1(C(F)F)CCCO1. The lowest BCUT2D eigenvalue weighted by Crippen LogP contribution is -2.46. The fourth-order valence-electron chi connectivity index (χ4n) is 0.855. The number of hydrogen-bond donors (Lipinski definition) is 1. The van der Waals surface area contributed by atoms with E-state index in [1.165, 1.54) is 0 Å². The van der Waals surface area contributed by atoms with Crippen molar-refractivity contribution in [1.82, 2.24) is 0 Å². The molecule has 54 valence electrons. The summed E-state index contributed by atoms with van der Waals surface area (Å²) in [6.07, 6.45) is -1.65. The van der Waals surface area contributed by atoms with Crippen LogP contribution in [0.5, 0.6) is 0 Å². The highest BCUT2D eigenvalue weighted by atomic mass is 19.3. The van der Waals surface area contributed by atoms with Gasteiger partial charge in [0, 0.05) is 6.61 Å². The number of ether oxygens (including phenoxy) is 1. The van der Waals surface area contributed by atoms with Gasteiger partial charge in [0.25, 0.3) is 6.43 Å². The summed E-state index contributed by atoms with van der Waals surface area (Å²) in [7, 11) is 0. The zero-order valence-electron chi connectivity index (χ0n) is 4.94. The Bertz CT molecular complexity index is 101. The third kappa shape index (κ3) is 1.19. The molecule has 1 aliphatic rings. The predicted molar refractivity (Wildman–Crippen MR) is 28.1 cm³/mol. The molecule has 1 heterocycles. The number of hydrogen-bond acceptors (Lipinski definition) is 2. The molecule has 0 saturated carbocycles. The van der Waals surface area contributed by atoms with Crippen LogP contribution in [0.3, 0.4) is 0 Å². The van der Waals surface area contributed by atoms with Crippen molar-refractivity contribution < 1.29 is 13.5 Å². The van der Waals surface area contributed by atoms with Crippen LogP contribution in [-0.4, -0.2) is 18.8 Å². The molecule has 0 aromatic carbocycles. The second-order valence-electron chi connectivity index (χ2n) is 2.21. The van der Waals surface area contributed by atoms with Crippen molar-refractivity contribution in [2.24, 2.45) is 5.73 Å². The molecule has 0 aliphatic carbocycles. The van der Waals surface area contributed by atoms with Gasteiger partial charge in [-0.05, 0) is 12.8 Å². The van der Waals surface area contributed by atoms with E-state index in [4.69, 9.17) is 5.73 Å². The van der Waals surface area contributed by atoms with Gasteiger partial charge in [-0.2, -0.15) is 0 Å². The van der Waals surface area contributed by atoms with Gasteiger partial charge in [-0.3, -0.25) is 5.73 Å². The van der Waals surface area contributed by atoms with E-state index in [0.717, 1.165) is 0 Å². The maximum absolute atomic E-state index is 11.9. The summed E-state index contributed by atoms with van der Waals surface area (Å²) in [5, 5.41) is 0. The largest absolute Gasteiger partial charge is 0.355 e. The average molecular weight is 137 g/mol. The predicted octanol–water partition coefficient (Wildman–Crippen LogP) is 0.717. The number of rotatable bonds is 1. The molecule has 0 aromatic heterocycles. The summed E-state index contributed by atoms with van der Waals surface area (Å²) in [6.45, 7) is 0.362. The van der Waals surface area contributed by atoms with E-state index in [0.29, 0.717) is 13.0 Å². The molecule has 2 nitrogen and oxygen atoms in total. The quantitative estimate of drug-likeness (QED) is 0.577. The van der Waals surface area contributed by atoms with E-state index < -0.39 is 12.2 Å². The Labute approximate surface area is 52.0 Å². The number of nitrogens with two attached hydrogens (primary N) is 1. The first kappa shape index (κ1) is 6.89. The summed E-state index contributed by atoms with van der Waals surface area (Å²) in [5.41, 5.74) is 3.49. The van der Waals surface area contributed by atoms with Gasteiger partial charge in [-0.15, -0.1) is 0 Å². The van der Waals surface area contributed by atoms with Crippen molar-refractivity contribution in [2.75, 3.05) is 6.61 Å². The zero-order valence-corrected chi connectivity index (χ0v) is 4.94. The minimum atomic E-state index is -2.56. The first-order valence-electron chi connectivity index (χ1n) is 2.86. The molecular formula is C5H9F2NO. The second-order valence-corrected chi connectivity index (χ2v) is 2.21. The van der Waals surface area contributed by atoms with E-state index >= 15 is 0 Å². The van der Waals surface area contributed by atoms with Crippen molar-refractivity contribution in [2.45, 2.75) is 25.0 Å². The van der Waals surface area contributed by atoms with Crippen LogP contribution in [0, 0.1) is 0 Å². The van der Waals surface area contributed by atoms with Gasteiger partial charge in [0.2, 0.25) is 0 Å². The van der Waals surface area contributed by atoms with Crippen molar-refractivity contribution in [3.8, 4) is 0 Å². The van der Waals surface area contributed by atoms with Crippen LogP contribution in [-0.2, 0) is 4.74 Å². The van der Waals surface area contributed by atoms with Gasteiger partial charge in [-0.1, -0.05) is 0 Å². The van der Waals surface area contributed by atoms with Gasteiger partial charge in [-0.25, -0.2) is 8.78 Å². The molecule has 4 heteroatoms. The Balaban J connectivity index is 2.51. The standard InChI is InChI=1S/C5H9F2NO/c6-4(7)5(8)2-1-3-9-5/h4H,1-3,8H2. The van der Waals surface area contributed by atoms with E-state index in [1.807, 2.05) is 0 Å². The summed E-state index contributed by atoms with van der Waals surface area (Å²) in [6, 6.07) is 0. The second kappa shape index (κ2) is 2.19. The Morgan fingerprint density at radius 1 is 1.56 bits per heavy atom. The van der Waals surface area contributed by atoms with Gasteiger partial charge < -0.3 is 4.74 Å². The van der Waals surface area contributed by atoms with Gasteiger partial charge >= 0.3 is 0 Å². The van der Waals surface area contributed by atoms with Gasteiger partial charge in [0.05, 0.1) is 0 Å². The molecular weight excluding hydrogens is 128 g/mol. The third-order valence-corrected chi connectivity index (χ3v) is 1.45. The fourth-order valence-corrected chi connectivity index (χ4v) is 0.855. The Morgan fingerprint density at radius 3 is 2.44 bits per heavy atom. The van der Waals surface area contributed by atoms with Crippen molar-refractivity contribution in [3.63, 3.8) is 0 Å². The van der Waals surface area contributed by atoms with Crippen LogP contribution < -0.4 is 5.73 Å². The molecule has 1 aliphatic heterocycles. The first-order chi connectivity index (χ1) is 4.15. The maximum Gasteiger partial charge on any atom is 0.280 e. The highest BCUT2D eigenvalue weighted by Crippen LogP contribution is 2.25. The molecule has 2 N–H and O–H groups in total. The van der Waals surface area contributed by atoms with Gasteiger partial charge in [0.1, 0.15) is 0 Å². The minimum absolute atomic E-state index is 0.269. The van der Waals surface area contributed by atoms with Crippen molar-refractivity contribution in [1.29, 1.82) is 0 Å². The molecule has 1 fully saturated rings. The molecule has 1 atom stereocenters. The molecule has 0 spiro atoms. The lowest BCUT2D eigenvalue weighted by atomic mass is 10.2. The number of alkyl halides is 2. The normalized spacial score (nSPS) is 36.0. The van der Waals surface area contributed by atoms with Crippen LogP contribution in [0.15, 0.2) is 0 Å². The van der Waals surface area contributed by atoms with E-state index in [-0.39, 0.29) is 6.42 Å². The van der Waals surface area contributed by atoms with E-state index in [2.05, 4.69) is 4.74 Å². The Morgan fingerprint density at radius 2 is 2.22 bits per heavy atom. The third-order valence-electron chi connectivity index (χ3n) is 1.45. The lowest BCUT2D eigenvalue weighted by Gasteiger charge is -2.20. The zero-order chi connectivity index (χ0) is 6.91. The van der Waals surface area contributed by atoms with Crippen molar-refractivity contribution >= 4 is 0 Å². The van der Waals surface area contributed by atoms with Gasteiger partial charge in [0.15, 0.2) is 5.72 Å². The highest BCUT2D eigenvalue weighted by Gasteiger charge is 2.39. The molecule has 0 radical (unpaired) electrons. The topological polar surface area (TPSA) is 35.2 Å². The Hall–Kier alpha value is -0.220. The Kier molecular flexibility index (Phi) is 1.68. The summed E-state index contributed by atoms with van der Waals surface area (Å²) >= 11 is 0.